The standard InChI is InChI=1S/C19H15F3N4O/c1-11-3-2-4-12(7-11)8-23-18(27)13-9-24-19(25-10-13)26-15-6-5-14(20)16(21)17(15)22/h2-7,9-10H,8H2,1H3,(H,23,27)(H,24,25,26). The first-order chi connectivity index (χ1) is 12.9. The van der Waals surface area contributed by atoms with Crippen LogP contribution in [0.4, 0.5) is 24.8 Å². The molecule has 0 radical (unpaired) electrons. The van der Waals surface area contributed by atoms with Crippen LogP contribution in [-0.2, 0) is 6.54 Å². The van der Waals surface area contributed by atoms with Gasteiger partial charge in [-0.05, 0) is 24.6 Å². The maximum absolute atomic E-state index is 13.6. The summed E-state index contributed by atoms with van der Waals surface area (Å²) >= 11 is 0. The van der Waals surface area contributed by atoms with Crippen LogP contribution in [-0.4, -0.2) is 15.9 Å². The zero-order valence-corrected chi connectivity index (χ0v) is 14.3. The molecule has 138 valence electrons. The van der Waals surface area contributed by atoms with Crippen LogP contribution >= 0.6 is 0 Å². The lowest BCUT2D eigenvalue weighted by molar-refractivity contribution is 0.0950. The van der Waals surface area contributed by atoms with Crippen LogP contribution in [0, 0.1) is 24.4 Å². The number of amides is 1. The van der Waals surface area contributed by atoms with Gasteiger partial charge in [0.2, 0.25) is 5.95 Å². The van der Waals surface area contributed by atoms with Gasteiger partial charge in [-0.2, -0.15) is 0 Å². The molecule has 3 rings (SSSR count). The SMILES string of the molecule is Cc1cccc(CNC(=O)c2cnc(Nc3ccc(F)c(F)c3F)nc2)c1. The summed E-state index contributed by atoms with van der Waals surface area (Å²) in [6.07, 6.45) is 2.50. The molecule has 2 aromatic carbocycles. The van der Waals surface area contributed by atoms with Crippen molar-refractivity contribution in [3.05, 3.63) is 82.9 Å². The van der Waals surface area contributed by atoms with Crippen molar-refractivity contribution in [2.45, 2.75) is 13.5 Å². The van der Waals surface area contributed by atoms with Gasteiger partial charge in [-0.1, -0.05) is 29.8 Å². The van der Waals surface area contributed by atoms with Gasteiger partial charge >= 0.3 is 0 Å². The van der Waals surface area contributed by atoms with Crippen molar-refractivity contribution in [1.29, 1.82) is 0 Å². The zero-order chi connectivity index (χ0) is 19.4. The van der Waals surface area contributed by atoms with Crippen LogP contribution in [0.1, 0.15) is 21.5 Å². The number of aromatic nitrogens is 2. The average molecular weight is 372 g/mol. The molecule has 0 spiro atoms. The molecule has 5 nitrogen and oxygen atoms in total. The average Bonchev–Trinajstić information content (AvgIpc) is 2.67. The third-order valence-corrected chi connectivity index (χ3v) is 3.73. The summed E-state index contributed by atoms with van der Waals surface area (Å²) in [5.74, 6) is -4.69. The molecule has 0 aliphatic rings. The molecule has 0 aliphatic heterocycles. The number of aryl methyl sites for hydroxylation is 1. The lowest BCUT2D eigenvalue weighted by Crippen LogP contribution is -2.23. The number of halogens is 3. The van der Waals surface area contributed by atoms with E-state index < -0.39 is 17.5 Å². The summed E-state index contributed by atoms with van der Waals surface area (Å²) in [6.45, 7) is 2.31. The number of rotatable bonds is 5. The second-order valence-electron chi connectivity index (χ2n) is 5.81. The second-order valence-corrected chi connectivity index (χ2v) is 5.81. The van der Waals surface area contributed by atoms with Gasteiger partial charge in [-0.3, -0.25) is 4.79 Å². The van der Waals surface area contributed by atoms with E-state index in [1.165, 1.54) is 12.4 Å². The van der Waals surface area contributed by atoms with Crippen LogP contribution in [0.2, 0.25) is 0 Å². The Balaban J connectivity index is 1.64. The first-order valence-electron chi connectivity index (χ1n) is 8.00. The van der Waals surface area contributed by atoms with Gasteiger partial charge in [0.1, 0.15) is 0 Å². The van der Waals surface area contributed by atoms with Gasteiger partial charge in [0.05, 0.1) is 11.3 Å². The molecule has 0 atom stereocenters. The first kappa shape index (κ1) is 18.4. The van der Waals surface area contributed by atoms with Gasteiger partial charge < -0.3 is 10.6 Å². The van der Waals surface area contributed by atoms with Crippen molar-refractivity contribution < 1.29 is 18.0 Å². The lowest BCUT2D eigenvalue weighted by Gasteiger charge is -2.08. The van der Waals surface area contributed by atoms with E-state index in [1.54, 1.807) is 0 Å². The Morgan fingerprint density at radius 3 is 2.48 bits per heavy atom. The Morgan fingerprint density at radius 2 is 1.78 bits per heavy atom. The van der Waals surface area contributed by atoms with Gasteiger partial charge in [-0.25, -0.2) is 23.1 Å². The molecule has 27 heavy (non-hydrogen) atoms. The van der Waals surface area contributed by atoms with E-state index in [0.29, 0.717) is 6.54 Å². The summed E-state index contributed by atoms with van der Waals surface area (Å²) in [7, 11) is 0. The predicted octanol–water partition coefficient (Wildman–Crippen LogP) is 3.88. The topological polar surface area (TPSA) is 66.9 Å². The minimum Gasteiger partial charge on any atom is -0.348 e. The van der Waals surface area contributed by atoms with Crippen molar-refractivity contribution in [3.63, 3.8) is 0 Å². The molecule has 0 saturated carbocycles. The van der Waals surface area contributed by atoms with Crippen LogP contribution in [0.25, 0.3) is 0 Å². The number of anilines is 2. The number of benzene rings is 2. The number of nitrogens with one attached hydrogen (secondary N) is 2. The highest BCUT2D eigenvalue weighted by Crippen LogP contribution is 2.21. The maximum atomic E-state index is 13.6. The first-order valence-corrected chi connectivity index (χ1v) is 8.00. The van der Waals surface area contributed by atoms with Crippen molar-refractivity contribution in [2.24, 2.45) is 0 Å². The van der Waals surface area contributed by atoms with E-state index in [1.807, 2.05) is 31.2 Å². The Bertz CT molecular complexity index is 977. The number of hydrogen-bond donors (Lipinski definition) is 2. The van der Waals surface area contributed by atoms with E-state index in [9.17, 15) is 18.0 Å². The molecular weight excluding hydrogens is 357 g/mol. The molecule has 0 aliphatic carbocycles. The third-order valence-electron chi connectivity index (χ3n) is 3.73. The highest BCUT2D eigenvalue weighted by molar-refractivity contribution is 5.93. The minimum atomic E-state index is -1.59. The normalized spacial score (nSPS) is 10.5. The van der Waals surface area contributed by atoms with E-state index in [-0.39, 0.29) is 23.1 Å². The fraction of sp³-hybridized carbons (Fsp3) is 0.105. The van der Waals surface area contributed by atoms with Crippen molar-refractivity contribution in [2.75, 3.05) is 5.32 Å². The molecule has 0 saturated heterocycles. The lowest BCUT2D eigenvalue weighted by atomic mass is 10.1. The molecule has 1 aromatic heterocycles. The highest BCUT2D eigenvalue weighted by atomic mass is 19.2. The highest BCUT2D eigenvalue weighted by Gasteiger charge is 2.14. The molecule has 8 heteroatoms. The van der Waals surface area contributed by atoms with Crippen molar-refractivity contribution in [3.8, 4) is 0 Å². The molecular formula is C19H15F3N4O. The molecule has 2 N–H and O–H groups in total. The molecule has 1 amide bonds. The van der Waals surface area contributed by atoms with Crippen LogP contribution < -0.4 is 10.6 Å². The number of nitrogens with zero attached hydrogens (tertiary/aromatic N) is 2. The second kappa shape index (κ2) is 7.86. The van der Waals surface area contributed by atoms with Crippen LogP contribution in [0.5, 0.6) is 0 Å². The predicted molar refractivity (Wildman–Crippen MR) is 94.0 cm³/mol. The minimum absolute atomic E-state index is 0.0601. The van der Waals surface area contributed by atoms with Crippen molar-refractivity contribution >= 4 is 17.5 Å². The Morgan fingerprint density at radius 1 is 1.04 bits per heavy atom. The number of hydrogen-bond acceptors (Lipinski definition) is 4. The Labute approximate surface area is 153 Å². The summed E-state index contributed by atoms with van der Waals surface area (Å²) in [6, 6.07) is 9.53. The largest absolute Gasteiger partial charge is 0.348 e. The van der Waals surface area contributed by atoms with Crippen LogP contribution in [0.15, 0.2) is 48.8 Å². The Kier molecular flexibility index (Phi) is 5.35. The Hall–Kier alpha value is -3.42. The monoisotopic (exact) mass is 372 g/mol. The van der Waals surface area contributed by atoms with Gasteiger partial charge in [-0.15, -0.1) is 0 Å². The van der Waals surface area contributed by atoms with Gasteiger partial charge in [0.15, 0.2) is 17.5 Å². The molecule has 0 fully saturated rings. The quantitative estimate of drug-likeness (QED) is 0.667. The summed E-state index contributed by atoms with van der Waals surface area (Å²) in [5, 5.41) is 5.18. The third kappa shape index (κ3) is 4.41. The molecule has 3 aromatic rings. The fourth-order valence-electron chi connectivity index (χ4n) is 2.36. The van der Waals surface area contributed by atoms with Crippen molar-refractivity contribution in [1.82, 2.24) is 15.3 Å². The van der Waals surface area contributed by atoms with E-state index in [2.05, 4.69) is 20.6 Å². The zero-order valence-electron chi connectivity index (χ0n) is 14.3. The van der Waals surface area contributed by atoms with Crippen LogP contribution in [0.3, 0.4) is 0 Å². The van der Waals surface area contributed by atoms with E-state index in [4.69, 9.17) is 0 Å². The maximum Gasteiger partial charge on any atom is 0.254 e. The van der Waals surface area contributed by atoms with Gasteiger partial charge in [0, 0.05) is 18.9 Å². The molecule has 1 heterocycles. The van der Waals surface area contributed by atoms with E-state index >= 15 is 0 Å². The summed E-state index contributed by atoms with van der Waals surface area (Å²) in [5.41, 5.74) is 1.94. The van der Waals surface area contributed by atoms with E-state index in [0.717, 1.165) is 23.3 Å². The number of carbonyl (C=O) groups excluding carboxylic acids is 1. The molecule has 0 unspecified atom stereocenters. The van der Waals surface area contributed by atoms with Gasteiger partial charge in [0.25, 0.3) is 5.91 Å². The molecule has 0 bridgehead atoms. The summed E-state index contributed by atoms with van der Waals surface area (Å²) < 4.78 is 39.8. The summed E-state index contributed by atoms with van der Waals surface area (Å²) in [4.78, 5) is 19.9. The smallest absolute Gasteiger partial charge is 0.254 e. The number of carbonyl (C=O) groups is 1. The fourth-order valence-corrected chi connectivity index (χ4v) is 2.36.